The van der Waals surface area contributed by atoms with E-state index < -0.39 is 0 Å². The van der Waals surface area contributed by atoms with Crippen LogP contribution in [-0.4, -0.2) is 11.6 Å². The van der Waals surface area contributed by atoms with Crippen molar-refractivity contribution >= 4 is 27.5 Å². The van der Waals surface area contributed by atoms with Crippen molar-refractivity contribution in [3.63, 3.8) is 0 Å². The zero-order valence-corrected chi connectivity index (χ0v) is 9.89. The van der Waals surface area contributed by atoms with Crippen molar-refractivity contribution in [2.75, 3.05) is 6.61 Å². The highest BCUT2D eigenvalue weighted by molar-refractivity contribution is 9.10. The summed E-state index contributed by atoms with van der Waals surface area (Å²) in [4.78, 5) is 4.03. The normalized spacial score (nSPS) is 10.5. The maximum absolute atomic E-state index is 5.94. The minimum atomic E-state index is 0.469. The fourth-order valence-electron chi connectivity index (χ4n) is 0.749. The first-order valence-corrected chi connectivity index (χ1v) is 5.21. The van der Waals surface area contributed by atoms with Crippen molar-refractivity contribution in [2.24, 2.45) is 5.92 Å². The van der Waals surface area contributed by atoms with Crippen LogP contribution in [0.4, 0.5) is 0 Å². The van der Waals surface area contributed by atoms with E-state index >= 15 is 0 Å². The maximum atomic E-state index is 5.94. The van der Waals surface area contributed by atoms with Gasteiger partial charge in [0.25, 0.3) is 0 Å². The predicted molar refractivity (Wildman–Crippen MR) is 57.3 cm³/mol. The van der Waals surface area contributed by atoms with E-state index in [1.54, 1.807) is 12.3 Å². The Labute approximate surface area is 91.4 Å². The van der Waals surface area contributed by atoms with Crippen molar-refractivity contribution in [3.05, 3.63) is 21.8 Å². The van der Waals surface area contributed by atoms with Gasteiger partial charge in [-0.05, 0) is 27.9 Å². The number of hydrogen-bond acceptors (Lipinski definition) is 2. The molecule has 0 bridgehead atoms. The zero-order chi connectivity index (χ0) is 9.84. The molecular formula is C9H11BrClNO. The zero-order valence-electron chi connectivity index (χ0n) is 7.55. The molecule has 0 amide bonds. The smallest absolute Gasteiger partial charge is 0.233 e. The van der Waals surface area contributed by atoms with E-state index in [9.17, 15) is 0 Å². The highest BCUT2D eigenvalue weighted by atomic mass is 79.9. The molecule has 1 rings (SSSR count). The fraction of sp³-hybridized carbons (Fsp3) is 0.444. The Hall–Kier alpha value is -0.280. The van der Waals surface area contributed by atoms with Gasteiger partial charge in [0.1, 0.15) is 5.02 Å². The van der Waals surface area contributed by atoms with Crippen LogP contribution < -0.4 is 4.74 Å². The Morgan fingerprint density at radius 3 is 2.92 bits per heavy atom. The van der Waals surface area contributed by atoms with Gasteiger partial charge in [-0.25, -0.2) is 4.98 Å². The van der Waals surface area contributed by atoms with Crippen LogP contribution in [0, 0.1) is 5.92 Å². The average Bonchev–Trinajstić information content (AvgIpc) is 2.07. The molecule has 0 spiro atoms. The molecule has 0 aliphatic heterocycles. The Balaban J connectivity index is 2.71. The number of rotatable bonds is 3. The monoisotopic (exact) mass is 263 g/mol. The summed E-state index contributed by atoms with van der Waals surface area (Å²) >= 11 is 9.24. The van der Waals surface area contributed by atoms with E-state index in [0.717, 1.165) is 4.47 Å². The summed E-state index contributed by atoms with van der Waals surface area (Å²) in [7, 11) is 0. The predicted octanol–water partition coefficient (Wildman–Crippen LogP) is 3.53. The van der Waals surface area contributed by atoms with Gasteiger partial charge in [0, 0.05) is 10.7 Å². The Morgan fingerprint density at radius 2 is 2.31 bits per heavy atom. The number of ether oxygens (including phenoxy) is 1. The molecule has 4 heteroatoms. The van der Waals surface area contributed by atoms with Crippen LogP contribution in [0.25, 0.3) is 0 Å². The van der Waals surface area contributed by atoms with Gasteiger partial charge >= 0.3 is 0 Å². The van der Waals surface area contributed by atoms with E-state index in [-0.39, 0.29) is 0 Å². The molecule has 0 saturated heterocycles. The first-order valence-electron chi connectivity index (χ1n) is 4.04. The molecule has 0 N–H and O–H groups in total. The fourth-order valence-corrected chi connectivity index (χ4v) is 1.20. The van der Waals surface area contributed by atoms with Crippen molar-refractivity contribution in [1.82, 2.24) is 4.98 Å². The third kappa shape index (κ3) is 3.16. The van der Waals surface area contributed by atoms with Gasteiger partial charge in [-0.2, -0.15) is 0 Å². The van der Waals surface area contributed by atoms with Gasteiger partial charge in [-0.15, -0.1) is 0 Å². The third-order valence-corrected chi connectivity index (χ3v) is 2.62. The molecule has 2 nitrogen and oxygen atoms in total. The third-order valence-electron chi connectivity index (χ3n) is 1.36. The van der Waals surface area contributed by atoms with E-state index in [1.165, 1.54) is 0 Å². The largest absolute Gasteiger partial charge is 0.476 e. The first-order chi connectivity index (χ1) is 6.11. The molecule has 0 aliphatic rings. The van der Waals surface area contributed by atoms with Gasteiger partial charge in [0.2, 0.25) is 5.88 Å². The van der Waals surface area contributed by atoms with Gasteiger partial charge in [-0.1, -0.05) is 25.4 Å². The lowest BCUT2D eigenvalue weighted by Gasteiger charge is -2.09. The van der Waals surface area contributed by atoms with E-state index in [4.69, 9.17) is 16.3 Å². The summed E-state index contributed by atoms with van der Waals surface area (Å²) in [5.74, 6) is 0.960. The number of nitrogens with zero attached hydrogens (tertiary/aromatic N) is 1. The second-order valence-corrected chi connectivity index (χ2v) is 4.35. The van der Waals surface area contributed by atoms with E-state index in [1.807, 2.05) is 0 Å². The molecule has 0 unspecified atom stereocenters. The molecule has 0 radical (unpaired) electrons. The topological polar surface area (TPSA) is 22.1 Å². The van der Waals surface area contributed by atoms with Crippen LogP contribution in [0.5, 0.6) is 5.88 Å². The number of pyridine rings is 1. The molecule has 13 heavy (non-hydrogen) atoms. The average molecular weight is 265 g/mol. The second kappa shape index (κ2) is 4.82. The van der Waals surface area contributed by atoms with Gasteiger partial charge in [-0.3, -0.25) is 0 Å². The van der Waals surface area contributed by atoms with Crippen LogP contribution in [0.1, 0.15) is 13.8 Å². The van der Waals surface area contributed by atoms with Crippen molar-refractivity contribution < 1.29 is 4.74 Å². The molecule has 72 valence electrons. The Bertz CT molecular complexity index is 291. The lowest BCUT2D eigenvalue weighted by Crippen LogP contribution is -2.05. The molecule has 0 saturated carbocycles. The van der Waals surface area contributed by atoms with Crippen molar-refractivity contribution in [3.8, 4) is 5.88 Å². The maximum Gasteiger partial charge on any atom is 0.233 e. The standard InChI is InChI=1S/C9H11BrClNO/c1-6(2)5-13-9-8(11)7(10)3-4-12-9/h3-4,6H,5H2,1-2H3. The molecular weight excluding hydrogens is 253 g/mol. The minimum absolute atomic E-state index is 0.469. The van der Waals surface area contributed by atoms with Crippen molar-refractivity contribution in [1.29, 1.82) is 0 Å². The van der Waals surface area contributed by atoms with E-state index in [2.05, 4.69) is 34.8 Å². The molecule has 1 aromatic heterocycles. The SMILES string of the molecule is CC(C)COc1nccc(Br)c1Cl. The molecule has 1 aromatic rings. The van der Waals surface area contributed by atoms with E-state index in [0.29, 0.717) is 23.4 Å². The first kappa shape index (κ1) is 10.8. The number of halogens is 2. The Kier molecular flexibility index (Phi) is 4.00. The highest BCUT2D eigenvalue weighted by Gasteiger charge is 2.06. The number of aromatic nitrogens is 1. The summed E-state index contributed by atoms with van der Waals surface area (Å²) in [5, 5.41) is 0.531. The molecule has 0 atom stereocenters. The van der Waals surface area contributed by atoms with Crippen LogP contribution in [0.15, 0.2) is 16.7 Å². The molecule has 1 heterocycles. The van der Waals surface area contributed by atoms with Crippen LogP contribution in [0.2, 0.25) is 5.02 Å². The highest BCUT2D eigenvalue weighted by Crippen LogP contribution is 2.29. The quantitative estimate of drug-likeness (QED) is 0.833. The lowest BCUT2D eigenvalue weighted by atomic mass is 10.2. The summed E-state index contributed by atoms with van der Waals surface area (Å²) in [5.41, 5.74) is 0. The summed E-state index contributed by atoms with van der Waals surface area (Å²) in [6.45, 7) is 4.78. The molecule has 0 aliphatic carbocycles. The van der Waals surface area contributed by atoms with Crippen molar-refractivity contribution in [2.45, 2.75) is 13.8 Å². The van der Waals surface area contributed by atoms with Gasteiger partial charge in [0.15, 0.2) is 0 Å². The van der Waals surface area contributed by atoms with Crippen LogP contribution in [-0.2, 0) is 0 Å². The summed E-state index contributed by atoms with van der Waals surface area (Å²) in [6.07, 6.45) is 1.66. The second-order valence-electron chi connectivity index (χ2n) is 3.12. The molecule has 0 aromatic carbocycles. The summed E-state index contributed by atoms with van der Waals surface area (Å²) < 4.78 is 6.21. The molecule has 0 fully saturated rings. The van der Waals surface area contributed by atoms with Gasteiger partial charge < -0.3 is 4.74 Å². The van der Waals surface area contributed by atoms with Crippen LogP contribution >= 0.6 is 27.5 Å². The number of hydrogen-bond donors (Lipinski definition) is 0. The van der Waals surface area contributed by atoms with Crippen LogP contribution in [0.3, 0.4) is 0 Å². The Morgan fingerprint density at radius 1 is 1.62 bits per heavy atom. The summed E-state index contributed by atoms with van der Waals surface area (Å²) in [6, 6.07) is 1.78. The van der Waals surface area contributed by atoms with Gasteiger partial charge in [0.05, 0.1) is 6.61 Å². The lowest BCUT2D eigenvalue weighted by molar-refractivity contribution is 0.261. The minimum Gasteiger partial charge on any atom is -0.476 e.